The number of aryl methyl sites for hydroxylation is 2. The number of benzene rings is 2. The number of carbonyl (C=O) groups is 1. The van der Waals surface area contributed by atoms with Crippen LogP contribution >= 0.6 is 20.8 Å². The second-order valence-corrected chi connectivity index (χ2v) is 10.7. The van der Waals surface area contributed by atoms with Crippen LogP contribution in [0.2, 0.25) is 5.02 Å². The monoisotopic (exact) mass is 480 g/mol. The largest absolute Gasteiger partial charge is 0.383 e. The number of amides is 1. The Morgan fingerprint density at radius 1 is 1.12 bits per heavy atom. The molecule has 0 saturated heterocycles. The Bertz CT molecular complexity index is 1210. The van der Waals surface area contributed by atoms with Gasteiger partial charge >= 0.3 is 0 Å². The van der Waals surface area contributed by atoms with Gasteiger partial charge in [-0.15, -0.1) is 9.24 Å². The number of rotatable bonds is 4. The van der Waals surface area contributed by atoms with Gasteiger partial charge in [0.15, 0.2) is 0 Å². The summed E-state index contributed by atoms with van der Waals surface area (Å²) in [5.74, 6) is 2.44. The highest BCUT2D eigenvalue weighted by Crippen LogP contribution is 2.55. The quantitative estimate of drug-likeness (QED) is 0.491. The fourth-order valence-electron chi connectivity index (χ4n) is 6.01. The van der Waals surface area contributed by atoms with Crippen LogP contribution in [-0.4, -0.2) is 15.7 Å². The minimum absolute atomic E-state index is 0.224. The van der Waals surface area contributed by atoms with Crippen LogP contribution in [0.25, 0.3) is 0 Å². The zero-order chi connectivity index (χ0) is 23.3. The molecule has 3 aromatic rings. The number of nitrogens with zero attached hydrogens (tertiary/aromatic N) is 2. The molecule has 0 bridgehead atoms. The van der Waals surface area contributed by atoms with Crippen molar-refractivity contribution in [1.29, 1.82) is 0 Å². The van der Waals surface area contributed by atoms with Gasteiger partial charge in [-0.1, -0.05) is 41.9 Å². The number of aromatic nitrogens is 2. The Kier molecular flexibility index (Phi) is 5.96. The first-order valence-corrected chi connectivity index (χ1v) is 12.5. The van der Waals surface area contributed by atoms with Gasteiger partial charge in [0.1, 0.15) is 11.4 Å². The molecule has 3 unspecified atom stereocenters. The summed E-state index contributed by atoms with van der Waals surface area (Å²) in [5, 5.41) is 9.14. The molecule has 33 heavy (non-hydrogen) atoms. The summed E-state index contributed by atoms with van der Waals surface area (Å²) in [5.41, 5.74) is 11.2. The molecule has 172 valence electrons. The Morgan fingerprint density at radius 3 is 2.45 bits per heavy atom. The van der Waals surface area contributed by atoms with Crippen molar-refractivity contribution in [2.75, 3.05) is 11.1 Å². The van der Waals surface area contributed by atoms with Crippen molar-refractivity contribution in [3.8, 4) is 0 Å². The average molecular weight is 481 g/mol. The molecule has 7 heteroatoms. The van der Waals surface area contributed by atoms with E-state index in [2.05, 4.69) is 45.7 Å². The number of halogens is 1. The first kappa shape index (κ1) is 22.4. The van der Waals surface area contributed by atoms with Crippen LogP contribution in [0.4, 0.5) is 11.5 Å². The van der Waals surface area contributed by atoms with Crippen molar-refractivity contribution in [2.45, 2.75) is 44.4 Å². The fourth-order valence-corrected chi connectivity index (χ4v) is 6.37. The number of anilines is 2. The molecule has 3 N–H and O–H groups in total. The van der Waals surface area contributed by atoms with Gasteiger partial charge in [0.2, 0.25) is 0 Å². The predicted molar refractivity (Wildman–Crippen MR) is 138 cm³/mol. The lowest BCUT2D eigenvalue weighted by Crippen LogP contribution is -2.17. The average Bonchev–Trinajstić information content (AvgIpc) is 3.43. The zero-order valence-electron chi connectivity index (χ0n) is 19.0. The first-order valence-electron chi connectivity index (χ1n) is 11.6. The van der Waals surface area contributed by atoms with Crippen LogP contribution in [0, 0.1) is 18.8 Å². The normalized spacial score (nSPS) is 24.1. The van der Waals surface area contributed by atoms with Crippen molar-refractivity contribution >= 4 is 43.6 Å². The zero-order valence-corrected chi connectivity index (χ0v) is 20.9. The Morgan fingerprint density at radius 2 is 1.79 bits per heavy atom. The van der Waals surface area contributed by atoms with Gasteiger partial charge in [0.05, 0.1) is 5.69 Å². The summed E-state index contributed by atoms with van der Waals surface area (Å²) < 4.78 is 1.63. The lowest BCUT2D eigenvalue weighted by atomic mass is 9.88. The number of hydrogen-bond acceptors (Lipinski definition) is 3. The molecular formula is C26H30ClN4OP. The van der Waals surface area contributed by atoms with Crippen molar-refractivity contribution < 1.29 is 4.79 Å². The van der Waals surface area contributed by atoms with E-state index in [1.165, 1.54) is 24.0 Å². The summed E-state index contributed by atoms with van der Waals surface area (Å²) in [4.78, 5) is 13.3. The summed E-state index contributed by atoms with van der Waals surface area (Å²) in [6.07, 6.45) is 4.57. The molecular weight excluding hydrogens is 451 g/mol. The van der Waals surface area contributed by atoms with E-state index in [1.54, 1.807) is 17.8 Å². The van der Waals surface area contributed by atoms with Crippen LogP contribution in [0.5, 0.6) is 0 Å². The van der Waals surface area contributed by atoms with Gasteiger partial charge < -0.3 is 11.1 Å². The molecule has 2 fully saturated rings. The van der Waals surface area contributed by atoms with Crippen LogP contribution < -0.4 is 16.4 Å². The van der Waals surface area contributed by atoms with Crippen molar-refractivity contribution in [2.24, 2.45) is 18.9 Å². The minimum Gasteiger partial charge on any atom is -0.383 e. The molecule has 0 spiro atoms. The second-order valence-electron chi connectivity index (χ2n) is 9.67. The fraction of sp³-hybridized carbons (Fsp3) is 0.385. The Balaban J connectivity index is 1.34. The number of hydrogen-bond donors (Lipinski definition) is 2. The summed E-state index contributed by atoms with van der Waals surface area (Å²) in [6, 6.07) is 14.2. The Labute approximate surface area is 202 Å². The molecule has 1 heterocycles. The van der Waals surface area contributed by atoms with E-state index >= 15 is 0 Å². The molecule has 1 aromatic heterocycles. The molecule has 3 atom stereocenters. The third-order valence-electron chi connectivity index (χ3n) is 7.63. The molecule has 2 aliphatic carbocycles. The van der Waals surface area contributed by atoms with Gasteiger partial charge in [0.25, 0.3) is 5.91 Å². The SMILES string of the molecule is Cc1ccccc1C1CC2CC(c3nn(C)c(N)c3C(=O)Nc3ccc(P)c(Cl)c3)CC2C1. The molecule has 2 aliphatic rings. The number of fused-ring (bicyclic) bond motifs is 1. The van der Waals surface area contributed by atoms with E-state index in [9.17, 15) is 4.79 Å². The lowest BCUT2D eigenvalue weighted by Gasteiger charge is -2.17. The minimum atomic E-state index is -0.224. The third-order valence-corrected chi connectivity index (χ3v) is 8.65. The summed E-state index contributed by atoms with van der Waals surface area (Å²) in [7, 11) is 4.38. The van der Waals surface area contributed by atoms with E-state index < -0.39 is 0 Å². The van der Waals surface area contributed by atoms with Gasteiger partial charge in [-0.25, -0.2) is 0 Å². The van der Waals surface area contributed by atoms with Gasteiger partial charge in [-0.3, -0.25) is 9.48 Å². The highest BCUT2D eigenvalue weighted by Gasteiger charge is 2.44. The molecule has 5 nitrogen and oxygen atoms in total. The molecule has 2 saturated carbocycles. The number of nitrogens with one attached hydrogen (secondary N) is 1. The van der Waals surface area contributed by atoms with Crippen molar-refractivity contribution in [3.63, 3.8) is 0 Å². The number of nitrogen functional groups attached to an aromatic ring is 1. The predicted octanol–water partition coefficient (Wildman–Crippen LogP) is 5.40. The highest BCUT2D eigenvalue weighted by atomic mass is 35.5. The van der Waals surface area contributed by atoms with Gasteiger partial charge in [0, 0.05) is 23.7 Å². The van der Waals surface area contributed by atoms with E-state index in [-0.39, 0.29) is 11.8 Å². The van der Waals surface area contributed by atoms with Gasteiger partial charge in [-0.05, 0) is 78.9 Å². The summed E-state index contributed by atoms with van der Waals surface area (Å²) >= 11 is 6.22. The number of nitrogens with two attached hydrogens (primary N) is 1. The molecule has 2 aromatic carbocycles. The van der Waals surface area contributed by atoms with Crippen molar-refractivity contribution in [3.05, 3.63) is 69.9 Å². The van der Waals surface area contributed by atoms with E-state index in [1.807, 2.05) is 12.1 Å². The van der Waals surface area contributed by atoms with Crippen LogP contribution in [0.1, 0.15) is 64.7 Å². The third kappa shape index (κ3) is 4.18. The highest BCUT2D eigenvalue weighted by molar-refractivity contribution is 7.28. The van der Waals surface area contributed by atoms with E-state index in [0.29, 0.717) is 39.8 Å². The first-order chi connectivity index (χ1) is 15.8. The lowest BCUT2D eigenvalue weighted by molar-refractivity contribution is 0.102. The topological polar surface area (TPSA) is 72.9 Å². The smallest absolute Gasteiger partial charge is 0.261 e. The molecule has 1 amide bonds. The van der Waals surface area contributed by atoms with E-state index in [4.69, 9.17) is 22.4 Å². The maximum absolute atomic E-state index is 13.3. The summed E-state index contributed by atoms with van der Waals surface area (Å²) in [6.45, 7) is 2.22. The molecule has 0 aliphatic heterocycles. The van der Waals surface area contributed by atoms with Gasteiger partial charge in [-0.2, -0.15) is 5.10 Å². The Hall–Kier alpha value is -2.36. The van der Waals surface area contributed by atoms with Crippen LogP contribution in [0.15, 0.2) is 42.5 Å². The maximum atomic E-state index is 13.3. The maximum Gasteiger partial charge on any atom is 0.261 e. The van der Waals surface area contributed by atoms with E-state index in [0.717, 1.165) is 23.8 Å². The number of carbonyl (C=O) groups excluding carboxylic acids is 1. The standard InChI is InChI=1S/C26H30ClN4OP/c1-14-5-3-4-6-20(14)17-9-15-11-18(12-16(15)10-17)24-23(25(28)31(2)30-24)26(32)29-19-7-8-22(33)21(27)13-19/h3-8,13,15-18H,9-12,28,33H2,1-2H3,(H,29,32). The van der Waals surface area contributed by atoms with Crippen LogP contribution in [-0.2, 0) is 7.05 Å². The molecule has 0 radical (unpaired) electrons. The van der Waals surface area contributed by atoms with Crippen LogP contribution in [0.3, 0.4) is 0 Å². The molecule has 5 rings (SSSR count). The van der Waals surface area contributed by atoms with Crippen molar-refractivity contribution in [1.82, 2.24) is 9.78 Å². The second kappa shape index (κ2) is 8.77.